The summed E-state index contributed by atoms with van der Waals surface area (Å²) in [6, 6.07) is 23.4. The Labute approximate surface area is 214 Å². The third-order valence-corrected chi connectivity index (χ3v) is 6.65. The molecular formula is C30H26N2O5. The van der Waals surface area contributed by atoms with Crippen molar-refractivity contribution >= 4 is 34.2 Å². The van der Waals surface area contributed by atoms with E-state index in [9.17, 15) is 14.4 Å². The molecule has 4 aromatic carbocycles. The Morgan fingerprint density at radius 2 is 1.41 bits per heavy atom. The number of imide groups is 1. The van der Waals surface area contributed by atoms with E-state index in [0.717, 1.165) is 10.9 Å². The van der Waals surface area contributed by atoms with Gasteiger partial charge in [-0.3, -0.25) is 19.3 Å². The van der Waals surface area contributed by atoms with E-state index in [1.165, 1.54) is 19.1 Å². The Balaban J connectivity index is 1.50. The van der Waals surface area contributed by atoms with Crippen molar-refractivity contribution in [2.75, 3.05) is 32.2 Å². The van der Waals surface area contributed by atoms with Crippen LogP contribution in [0.25, 0.3) is 10.8 Å². The summed E-state index contributed by atoms with van der Waals surface area (Å²) in [5.74, 6) is -0.0629. The van der Waals surface area contributed by atoms with Crippen molar-refractivity contribution in [1.29, 1.82) is 0 Å². The standard InChI is InChI=1S/C30H26N2O5/c1-19-8-4-5-13-26(19)31(28(33)21-16-22(36-2)18-23(17-21)37-3)14-15-32-29(34)24-11-6-9-20-10-7-12-25(27(20)24)30(32)35/h4-13,16-18H,14-15H2,1-3H3. The Morgan fingerprint density at radius 1 is 0.811 bits per heavy atom. The number of carbonyl (C=O) groups excluding carboxylic acids is 3. The lowest BCUT2D eigenvalue weighted by Gasteiger charge is -2.31. The number of rotatable bonds is 7. The molecule has 0 bridgehead atoms. The quantitative estimate of drug-likeness (QED) is 0.334. The summed E-state index contributed by atoms with van der Waals surface area (Å²) in [5, 5.41) is 1.52. The highest BCUT2D eigenvalue weighted by atomic mass is 16.5. The minimum atomic E-state index is -0.366. The molecular weight excluding hydrogens is 468 g/mol. The average molecular weight is 495 g/mol. The summed E-state index contributed by atoms with van der Waals surface area (Å²) in [5.41, 5.74) is 2.91. The highest BCUT2D eigenvalue weighted by Crippen LogP contribution is 2.31. The lowest BCUT2D eigenvalue weighted by molar-refractivity contribution is 0.0611. The zero-order valence-electron chi connectivity index (χ0n) is 20.9. The minimum Gasteiger partial charge on any atom is -0.497 e. The summed E-state index contributed by atoms with van der Waals surface area (Å²) in [6.07, 6.45) is 0. The Kier molecular flexibility index (Phi) is 6.36. The van der Waals surface area contributed by atoms with Gasteiger partial charge < -0.3 is 14.4 Å². The SMILES string of the molecule is COc1cc(OC)cc(C(=O)N(CCN2C(=O)c3cccc4cccc(c34)C2=O)c2ccccc2C)c1. The molecule has 0 saturated heterocycles. The number of amides is 3. The van der Waals surface area contributed by atoms with Gasteiger partial charge in [0, 0.05) is 46.9 Å². The van der Waals surface area contributed by atoms with Crippen molar-refractivity contribution in [3.63, 3.8) is 0 Å². The van der Waals surface area contributed by atoms with Gasteiger partial charge in [-0.15, -0.1) is 0 Å². The van der Waals surface area contributed by atoms with Gasteiger partial charge in [-0.1, -0.05) is 42.5 Å². The Morgan fingerprint density at radius 3 is 1.97 bits per heavy atom. The first-order valence-electron chi connectivity index (χ1n) is 11.9. The number of para-hydroxylation sites is 1. The van der Waals surface area contributed by atoms with Crippen molar-refractivity contribution in [3.8, 4) is 11.5 Å². The Hall–Kier alpha value is -4.65. The van der Waals surface area contributed by atoms with E-state index in [0.29, 0.717) is 39.3 Å². The number of anilines is 1. The number of aryl methyl sites for hydroxylation is 1. The van der Waals surface area contributed by atoms with Crippen molar-refractivity contribution in [1.82, 2.24) is 4.90 Å². The third-order valence-electron chi connectivity index (χ3n) is 6.65. The van der Waals surface area contributed by atoms with E-state index in [-0.39, 0.29) is 30.8 Å². The van der Waals surface area contributed by atoms with Gasteiger partial charge in [-0.2, -0.15) is 0 Å². The highest BCUT2D eigenvalue weighted by Gasteiger charge is 2.33. The lowest BCUT2D eigenvalue weighted by atomic mass is 9.94. The second-order valence-corrected chi connectivity index (χ2v) is 8.82. The van der Waals surface area contributed by atoms with Gasteiger partial charge in [0.25, 0.3) is 17.7 Å². The summed E-state index contributed by atoms with van der Waals surface area (Å²) in [4.78, 5) is 43.5. The average Bonchev–Trinajstić information content (AvgIpc) is 2.93. The summed E-state index contributed by atoms with van der Waals surface area (Å²) < 4.78 is 10.7. The molecule has 4 aromatic rings. The zero-order valence-corrected chi connectivity index (χ0v) is 20.9. The molecule has 0 atom stereocenters. The van der Waals surface area contributed by atoms with Crippen LogP contribution in [0.15, 0.2) is 78.9 Å². The van der Waals surface area contributed by atoms with Crippen LogP contribution in [-0.4, -0.2) is 49.9 Å². The van der Waals surface area contributed by atoms with Crippen molar-refractivity contribution in [2.24, 2.45) is 0 Å². The van der Waals surface area contributed by atoms with Crippen LogP contribution in [0.3, 0.4) is 0 Å². The molecule has 0 fully saturated rings. The maximum absolute atomic E-state index is 13.8. The van der Waals surface area contributed by atoms with E-state index in [1.807, 2.05) is 55.5 Å². The lowest BCUT2D eigenvalue weighted by Crippen LogP contribution is -2.46. The second kappa shape index (κ2) is 9.78. The van der Waals surface area contributed by atoms with Crippen LogP contribution in [0.5, 0.6) is 11.5 Å². The van der Waals surface area contributed by atoms with Crippen molar-refractivity contribution in [3.05, 3.63) is 101 Å². The summed E-state index contributed by atoms with van der Waals surface area (Å²) >= 11 is 0. The molecule has 7 heteroatoms. The molecule has 1 aliphatic heterocycles. The topological polar surface area (TPSA) is 76.2 Å². The van der Waals surface area contributed by atoms with Gasteiger partial charge in [0.1, 0.15) is 11.5 Å². The number of hydrogen-bond acceptors (Lipinski definition) is 5. The monoisotopic (exact) mass is 494 g/mol. The van der Waals surface area contributed by atoms with Crippen molar-refractivity contribution in [2.45, 2.75) is 6.92 Å². The number of benzene rings is 4. The molecule has 0 radical (unpaired) electrons. The maximum atomic E-state index is 13.8. The van der Waals surface area contributed by atoms with Crippen LogP contribution < -0.4 is 14.4 Å². The predicted octanol–water partition coefficient (Wildman–Crippen LogP) is 5.11. The number of methoxy groups -OCH3 is 2. The number of hydrogen-bond donors (Lipinski definition) is 0. The normalized spacial score (nSPS) is 12.6. The fourth-order valence-electron chi connectivity index (χ4n) is 4.77. The van der Waals surface area contributed by atoms with E-state index >= 15 is 0 Å². The predicted molar refractivity (Wildman–Crippen MR) is 142 cm³/mol. The van der Waals surface area contributed by atoms with Crippen LogP contribution in [0.4, 0.5) is 5.69 Å². The summed E-state index contributed by atoms with van der Waals surface area (Å²) in [7, 11) is 3.04. The van der Waals surface area contributed by atoms with Crippen LogP contribution in [-0.2, 0) is 0 Å². The minimum absolute atomic E-state index is 0.0313. The van der Waals surface area contributed by atoms with Crippen LogP contribution in [0.1, 0.15) is 36.6 Å². The molecule has 0 aliphatic carbocycles. The fraction of sp³-hybridized carbons (Fsp3) is 0.167. The van der Waals surface area contributed by atoms with E-state index in [2.05, 4.69) is 0 Å². The fourth-order valence-corrected chi connectivity index (χ4v) is 4.77. The molecule has 0 spiro atoms. The van der Waals surface area contributed by atoms with Gasteiger partial charge in [-0.05, 0) is 48.2 Å². The number of nitrogens with zero attached hydrogens (tertiary/aromatic N) is 2. The molecule has 0 N–H and O–H groups in total. The van der Waals surface area contributed by atoms with Gasteiger partial charge >= 0.3 is 0 Å². The maximum Gasteiger partial charge on any atom is 0.261 e. The van der Waals surface area contributed by atoms with Gasteiger partial charge in [0.2, 0.25) is 0 Å². The number of ether oxygens (including phenoxy) is 2. The smallest absolute Gasteiger partial charge is 0.261 e. The molecule has 0 saturated carbocycles. The second-order valence-electron chi connectivity index (χ2n) is 8.82. The first kappa shape index (κ1) is 24.1. The van der Waals surface area contributed by atoms with Gasteiger partial charge in [-0.25, -0.2) is 0 Å². The van der Waals surface area contributed by atoms with Crippen molar-refractivity contribution < 1.29 is 23.9 Å². The molecule has 0 unspecified atom stereocenters. The van der Waals surface area contributed by atoms with E-state index in [4.69, 9.17) is 9.47 Å². The zero-order chi connectivity index (χ0) is 26.1. The molecule has 1 heterocycles. The molecule has 5 rings (SSSR count). The highest BCUT2D eigenvalue weighted by molar-refractivity contribution is 6.25. The molecule has 7 nitrogen and oxygen atoms in total. The molecule has 186 valence electrons. The summed E-state index contributed by atoms with van der Waals surface area (Å²) in [6.45, 7) is 2.05. The van der Waals surface area contributed by atoms with Crippen LogP contribution in [0, 0.1) is 6.92 Å². The first-order valence-corrected chi connectivity index (χ1v) is 11.9. The number of carbonyl (C=O) groups is 3. The Bertz CT molecular complexity index is 1470. The van der Waals surface area contributed by atoms with Crippen LogP contribution in [0.2, 0.25) is 0 Å². The van der Waals surface area contributed by atoms with E-state index < -0.39 is 0 Å². The molecule has 3 amide bonds. The largest absolute Gasteiger partial charge is 0.497 e. The van der Waals surface area contributed by atoms with E-state index in [1.54, 1.807) is 35.2 Å². The van der Waals surface area contributed by atoms with Gasteiger partial charge in [0.15, 0.2) is 0 Å². The molecule has 1 aliphatic rings. The first-order chi connectivity index (χ1) is 17.9. The molecule has 37 heavy (non-hydrogen) atoms. The molecule has 0 aromatic heterocycles. The van der Waals surface area contributed by atoms with Crippen LogP contribution >= 0.6 is 0 Å². The third kappa shape index (κ3) is 4.29. The van der Waals surface area contributed by atoms with Gasteiger partial charge in [0.05, 0.1) is 14.2 Å².